The second kappa shape index (κ2) is 6.43. The van der Waals surface area contributed by atoms with Gasteiger partial charge in [0.05, 0.1) is 23.9 Å². The van der Waals surface area contributed by atoms with Crippen LogP contribution in [0.5, 0.6) is 11.5 Å². The predicted octanol–water partition coefficient (Wildman–Crippen LogP) is 1.96. The van der Waals surface area contributed by atoms with Crippen LogP contribution in [-0.2, 0) is 4.79 Å². The lowest BCUT2D eigenvalue weighted by molar-refractivity contribution is -0.384. The van der Waals surface area contributed by atoms with Crippen molar-refractivity contribution in [2.24, 2.45) is 0 Å². The number of nitro groups is 1. The van der Waals surface area contributed by atoms with Gasteiger partial charge in [-0.05, 0) is 12.1 Å². The molecule has 0 aliphatic carbocycles. The van der Waals surface area contributed by atoms with Crippen molar-refractivity contribution in [2.75, 3.05) is 23.9 Å². The number of anilines is 2. The zero-order chi connectivity index (χ0) is 18.0. The van der Waals surface area contributed by atoms with Gasteiger partial charge in [0.25, 0.3) is 5.69 Å². The number of benzene rings is 1. The van der Waals surface area contributed by atoms with E-state index in [0.29, 0.717) is 11.4 Å². The molecule has 128 valence electrons. The first kappa shape index (κ1) is 16.2. The van der Waals surface area contributed by atoms with Gasteiger partial charge in [-0.3, -0.25) is 14.9 Å². The Balaban J connectivity index is 1.82. The summed E-state index contributed by atoms with van der Waals surface area (Å²) in [5.41, 5.74) is 0.188. The average Bonchev–Trinajstić information content (AvgIpc) is 2.60. The molecular weight excluding hydrogens is 332 g/mol. The normalized spacial score (nSPS) is 12.8. The van der Waals surface area contributed by atoms with Crippen molar-refractivity contribution < 1.29 is 24.0 Å². The highest BCUT2D eigenvalue weighted by atomic mass is 16.6. The standard InChI is InChI=1S/C15H12N4O6/c1-24-11-6-12-14(16-7-11)18(8-13(20)17-12)15(21)25-10-4-2-9(3-5-10)19(22)23/h2-7H,8H2,1H3,(H,17,20). The summed E-state index contributed by atoms with van der Waals surface area (Å²) in [5.74, 6) is 0.330. The molecule has 2 aromatic rings. The number of ether oxygens (including phenoxy) is 2. The maximum Gasteiger partial charge on any atom is 0.421 e. The third-order valence-electron chi connectivity index (χ3n) is 3.38. The molecule has 1 aliphatic heterocycles. The van der Waals surface area contributed by atoms with Gasteiger partial charge in [-0.25, -0.2) is 14.7 Å². The third-order valence-corrected chi connectivity index (χ3v) is 3.38. The number of hydrogen-bond donors (Lipinski definition) is 1. The monoisotopic (exact) mass is 344 g/mol. The SMILES string of the molecule is COc1cnc2c(c1)NC(=O)CN2C(=O)Oc1ccc([N+](=O)[O-])cc1. The van der Waals surface area contributed by atoms with E-state index in [1.807, 2.05) is 0 Å². The predicted molar refractivity (Wildman–Crippen MR) is 85.9 cm³/mol. The van der Waals surface area contributed by atoms with Crippen molar-refractivity contribution in [1.29, 1.82) is 0 Å². The minimum absolute atomic E-state index is 0.108. The van der Waals surface area contributed by atoms with Crippen molar-refractivity contribution >= 4 is 29.2 Å². The Morgan fingerprint density at radius 2 is 2.04 bits per heavy atom. The number of nitro benzene ring substituents is 1. The van der Waals surface area contributed by atoms with Gasteiger partial charge in [0.15, 0.2) is 5.82 Å². The van der Waals surface area contributed by atoms with Crippen LogP contribution < -0.4 is 19.7 Å². The first-order valence-electron chi connectivity index (χ1n) is 7.05. The third kappa shape index (κ3) is 3.32. The molecule has 2 heterocycles. The number of amides is 2. The number of fused-ring (bicyclic) bond motifs is 1. The summed E-state index contributed by atoms with van der Waals surface area (Å²) in [6.45, 7) is -0.266. The summed E-state index contributed by atoms with van der Waals surface area (Å²) < 4.78 is 10.2. The van der Waals surface area contributed by atoms with Crippen molar-refractivity contribution in [3.05, 3.63) is 46.6 Å². The van der Waals surface area contributed by atoms with Crippen LogP contribution in [0.2, 0.25) is 0 Å². The van der Waals surface area contributed by atoms with E-state index < -0.39 is 16.9 Å². The molecule has 0 saturated carbocycles. The molecule has 0 spiro atoms. The molecule has 0 bridgehead atoms. The largest absolute Gasteiger partial charge is 0.495 e. The van der Waals surface area contributed by atoms with Crippen LogP contribution in [0.1, 0.15) is 0 Å². The summed E-state index contributed by atoms with van der Waals surface area (Å²) in [6, 6.07) is 6.54. The number of carbonyl (C=O) groups is 2. The molecule has 1 aromatic heterocycles. The van der Waals surface area contributed by atoms with Gasteiger partial charge < -0.3 is 14.8 Å². The molecule has 0 saturated heterocycles. The molecule has 1 aromatic carbocycles. The van der Waals surface area contributed by atoms with Gasteiger partial charge in [0.1, 0.15) is 18.0 Å². The maximum atomic E-state index is 12.4. The minimum atomic E-state index is -0.831. The van der Waals surface area contributed by atoms with Crippen LogP contribution in [-0.4, -0.2) is 35.6 Å². The van der Waals surface area contributed by atoms with Crippen LogP contribution in [0.15, 0.2) is 36.5 Å². The van der Waals surface area contributed by atoms with Crippen molar-refractivity contribution in [3.63, 3.8) is 0 Å². The Morgan fingerprint density at radius 3 is 2.68 bits per heavy atom. The summed E-state index contributed by atoms with van der Waals surface area (Å²) in [6.07, 6.45) is 0.574. The van der Waals surface area contributed by atoms with Crippen LogP contribution >= 0.6 is 0 Å². The number of pyridine rings is 1. The number of hydrogen-bond acceptors (Lipinski definition) is 7. The molecule has 3 rings (SSSR count). The molecular formula is C15H12N4O6. The first-order chi connectivity index (χ1) is 12.0. The highest BCUT2D eigenvalue weighted by Gasteiger charge is 2.30. The van der Waals surface area contributed by atoms with Gasteiger partial charge in [-0.1, -0.05) is 0 Å². The molecule has 2 amide bonds. The molecule has 0 unspecified atom stereocenters. The quantitative estimate of drug-likeness (QED) is 0.666. The topological polar surface area (TPSA) is 124 Å². The van der Waals surface area contributed by atoms with E-state index in [1.165, 1.54) is 43.6 Å². The number of aromatic nitrogens is 1. The molecule has 10 heteroatoms. The Hall–Kier alpha value is -3.69. The van der Waals surface area contributed by atoms with Gasteiger partial charge in [0, 0.05) is 18.2 Å². The Kier molecular flexibility index (Phi) is 4.16. The Labute approximate surface area is 141 Å². The number of carbonyl (C=O) groups excluding carboxylic acids is 2. The first-order valence-corrected chi connectivity index (χ1v) is 7.05. The number of nitrogens with zero attached hydrogens (tertiary/aromatic N) is 3. The van der Waals surface area contributed by atoms with Gasteiger partial charge in [-0.2, -0.15) is 0 Å². The molecule has 0 fully saturated rings. The van der Waals surface area contributed by atoms with Gasteiger partial charge in [-0.15, -0.1) is 0 Å². The van der Waals surface area contributed by atoms with Crippen LogP contribution in [0.4, 0.5) is 22.0 Å². The van der Waals surface area contributed by atoms with Crippen LogP contribution in [0.3, 0.4) is 0 Å². The average molecular weight is 344 g/mol. The smallest absolute Gasteiger partial charge is 0.421 e. The lowest BCUT2D eigenvalue weighted by Crippen LogP contribution is -2.44. The van der Waals surface area contributed by atoms with Crippen LogP contribution in [0.25, 0.3) is 0 Å². The number of methoxy groups -OCH3 is 1. The van der Waals surface area contributed by atoms with E-state index in [2.05, 4.69) is 10.3 Å². The number of non-ortho nitro benzene ring substituents is 1. The van der Waals surface area contributed by atoms with Crippen molar-refractivity contribution in [3.8, 4) is 11.5 Å². The lowest BCUT2D eigenvalue weighted by Gasteiger charge is -2.27. The number of rotatable bonds is 3. The van der Waals surface area contributed by atoms with Crippen LogP contribution in [0, 0.1) is 10.1 Å². The summed E-state index contributed by atoms with van der Waals surface area (Å²) in [5, 5.41) is 13.2. The Morgan fingerprint density at radius 1 is 1.32 bits per heavy atom. The second-order valence-electron chi connectivity index (χ2n) is 5.00. The van der Waals surface area contributed by atoms with E-state index in [0.717, 1.165) is 4.90 Å². The zero-order valence-corrected chi connectivity index (χ0v) is 13.0. The minimum Gasteiger partial charge on any atom is -0.495 e. The highest BCUT2D eigenvalue weighted by molar-refractivity contribution is 6.07. The maximum absolute atomic E-state index is 12.4. The van der Waals surface area contributed by atoms with E-state index >= 15 is 0 Å². The molecule has 0 radical (unpaired) electrons. The fourth-order valence-corrected chi connectivity index (χ4v) is 2.21. The van der Waals surface area contributed by atoms with Crippen molar-refractivity contribution in [2.45, 2.75) is 0 Å². The lowest BCUT2D eigenvalue weighted by atomic mass is 10.2. The fourth-order valence-electron chi connectivity index (χ4n) is 2.21. The second-order valence-corrected chi connectivity index (χ2v) is 5.00. The zero-order valence-electron chi connectivity index (χ0n) is 13.0. The van der Waals surface area contributed by atoms with E-state index in [1.54, 1.807) is 0 Å². The highest BCUT2D eigenvalue weighted by Crippen LogP contribution is 2.31. The van der Waals surface area contributed by atoms with Gasteiger partial charge in [0.2, 0.25) is 5.91 Å². The van der Waals surface area contributed by atoms with Gasteiger partial charge >= 0.3 is 6.09 Å². The molecule has 1 aliphatic rings. The van der Waals surface area contributed by atoms with E-state index in [4.69, 9.17) is 9.47 Å². The Bertz CT molecular complexity index is 852. The summed E-state index contributed by atoms with van der Waals surface area (Å²) in [7, 11) is 1.45. The van der Waals surface area contributed by atoms with E-state index in [-0.39, 0.29) is 23.8 Å². The number of nitrogens with one attached hydrogen (secondary N) is 1. The molecule has 25 heavy (non-hydrogen) atoms. The molecule has 1 N–H and O–H groups in total. The fraction of sp³-hybridized carbons (Fsp3) is 0.133. The summed E-state index contributed by atoms with van der Waals surface area (Å²) in [4.78, 5) is 39.4. The van der Waals surface area contributed by atoms with E-state index in [9.17, 15) is 19.7 Å². The van der Waals surface area contributed by atoms with Crippen molar-refractivity contribution in [1.82, 2.24) is 4.98 Å². The molecule has 0 atom stereocenters. The summed E-state index contributed by atoms with van der Waals surface area (Å²) >= 11 is 0. The molecule has 10 nitrogen and oxygen atoms in total.